The summed E-state index contributed by atoms with van der Waals surface area (Å²) < 4.78 is 1.70. The number of anilines is 1. The van der Waals surface area contributed by atoms with Gasteiger partial charge in [0.05, 0.1) is 11.1 Å². The second-order valence-corrected chi connectivity index (χ2v) is 7.25. The fourth-order valence-electron chi connectivity index (χ4n) is 4.00. The molecule has 146 valence electrons. The maximum absolute atomic E-state index is 13.4. The highest BCUT2D eigenvalue weighted by molar-refractivity contribution is 5.98. The fraction of sp³-hybridized carbons (Fsp3) is 0.0833. The summed E-state index contributed by atoms with van der Waals surface area (Å²) >= 11 is 0. The van der Waals surface area contributed by atoms with E-state index in [0.717, 1.165) is 27.6 Å². The lowest BCUT2D eigenvalue weighted by atomic mass is 10.00. The molecule has 2 aromatic heterocycles. The summed E-state index contributed by atoms with van der Waals surface area (Å²) in [6.45, 7) is 0.528. The van der Waals surface area contributed by atoms with Crippen LogP contribution in [-0.4, -0.2) is 15.5 Å². The molecule has 3 heterocycles. The van der Waals surface area contributed by atoms with E-state index in [1.165, 1.54) is 6.20 Å². The highest BCUT2D eigenvalue weighted by atomic mass is 16.2. The molecule has 0 radical (unpaired) electrons. The molecule has 1 amide bonds. The molecule has 0 aliphatic carbocycles. The molecule has 1 aliphatic heterocycles. The zero-order valence-corrected chi connectivity index (χ0v) is 16.1. The van der Waals surface area contributed by atoms with Crippen molar-refractivity contribution < 1.29 is 4.79 Å². The number of nitrogens with two attached hydrogens (primary N) is 1. The molecule has 5 rings (SSSR count). The van der Waals surface area contributed by atoms with Crippen LogP contribution in [0, 0.1) is 0 Å². The van der Waals surface area contributed by atoms with Crippen LogP contribution in [0.1, 0.15) is 15.9 Å². The second-order valence-electron chi connectivity index (χ2n) is 7.25. The molecule has 6 nitrogen and oxygen atoms in total. The van der Waals surface area contributed by atoms with E-state index in [1.54, 1.807) is 29.0 Å². The van der Waals surface area contributed by atoms with Crippen molar-refractivity contribution in [1.82, 2.24) is 9.55 Å². The standard InChI is InChI=1S/C24H18N4O2/c25-18-11-16-8-10-28-22(16)20(12-18)19(15-5-2-1-3-6-15)13-21(24(28)30)27-23(29)17-7-4-9-26-14-17/h1-7,9,11-14H,8,10,25H2. The summed E-state index contributed by atoms with van der Waals surface area (Å²) in [5.74, 6) is -0.500. The van der Waals surface area contributed by atoms with Crippen LogP contribution in [0.25, 0.3) is 22.0 Å². The van der Waals surface area contributed by atoms with Gasteiger partial charge in [0.2, 0.25) is 0 Å². The maximum Gasteiger partial charge on any atom is 0.279 e. The van der Waals surface area contributed by atoms with E-state index in [-0.39, 0.29) is 10.9 Å². The molecular weight excluding hydrogens is 376 g/mol. The number of benzene rings is 2. The zero-order valence-electron chi connectivity index (χ0n) is 16.1. The minimum atomic E-state index is -0.500. The summed E-state index contributed by atoms with van der Waals surface area (Å²) in [7, 11) is 0. The normalized spacial score (nSPS) is 13.0. The van der Waals surface area contributed by atoms with Gasteiger partial charge in [-0.05, 0) is 53.4 Å². The van der Waals surface area contributed by atoms with E-state index < -0.39 is 5.91 Å². The third-order valence-corrected chi connectivity index (χ3v) is 5.34. The molecule has 0 bridgehead atoms. The number of pyridine rings is 1. The molecule has 1 aliphatic rings. The average Bonchev–Trinajstić information content (AvgIpc) is 3.16. The number of carbonyl (C=O) groups excluding carboxylic acids is 1. The predicted octanol–water partition coefficient (Wildman–Crippen LogP) is 2.94. The van der Waals surface area contributed by atoms with Gasteiger partial charge in [0.25, 0.3) is 11.5 Å². The van der Waals surface area contributed by atoms with Crippen LogP contribution in [-0.2, 0) is 13.0 Å². The first-order valence-corrected chi connectivity index (χ1v) is 9.66. The number of hydrogen-bond acceptors (Lipinski definition) is 4. The Bertz CT molecular complexity index is 1430. The van der Waals surface area contributed by atoms with E-state index in [4.69, 9.17) is 5.73 Å². The summed E-state index contributed by atoms with van der Waals surface area (Å²) in [5.41, 5.74) is 10.5. The van der Waals surface area contributed by atoms with Gasteiger partial charge < -0.3 is 10.3 Å². The molecule has 0 fully saturated rings. The topological polar surface area (TPSA) is 90.3 Å². The van der Waals surface area contributed by atoms with Crippen LogP contribution >= 0.6 is 0 Å². The van der Waals surface area contributed by atoms with Gasteiger partial charge in [-0.2, -0.15) is 0 Å². The van der Waals surface area contributed by atoms with Gasteiger partial charge in [-0.25, -0.2) is 4.99 Å². The number of nitrogen functional groups attached to an aromatic ring is 1. The molecular formula is C24H18N4O2. The molecule has 6 heteroatoms. The number of hydrogen-bond donors (Lipinski definition) is 1. The van der Waals surface area contributed by atoms with Crippen LogP contribution in [0.3, 0.4) is 0 Å². The molecule has 2 aromatic carbocycles. The van der Waals surface area contributed by atoms with Crippen molar-refractivity contribution in [2.75, 3.05) is 5.73 Å². The monoisotopic (exact) mass is 394 g/mol. The summed E-state index contributed by atoms with van der Waals surface area (Å²) in [4.78, 5) is 34.2. The quantitative estimate of drug-likeness (QED) is 0.529. The van der Waals surface area contributed by atoms with E-state index >= 15 is 0 Å². The Morgan fingerprint density at radius 2 is 1.90 bits per heavy atom. The van der Waals surface area contributed by atoms with Gasteiger partial charge in [-0.1, -0.05) is 30.3 Å². The number of rotatable bonds is 2. The maximum atomic E-state index is 13.4. The molecule has 0 spiro atoms. The van der Waals surface area contributed by atoms with Gasteiger partial charge in [-0.15, -0.1) is 0 Å². The van der Waals surface area contributed by atoms with E-state index in [9.17, 15) is 9.59 Å². The third kappa shape index (κ3) is 2.99. The SMILES string of the molecule is Nc1cc2c3c(c1)c(-c1ccccc1)cc(=NC(=O)c1cccnc1)c(=O)n3CC2. The number of carbonyl (C=O) groups is 1. The Balaban J connectivity index is 1.90. The summed E-state index contributed by atoms with van der Waals surface area (Å²) in [6, 6.07) is 18.5. The number of nitrogens with zero attached hydrogens (tertiary/aromatic N) is 3. The highest BCUT2D eigenvalue weighted by Crippen LogP contribution is 2.32. The molecule has 0 unspecified atom stereocenters. The predicted molar refractivity (Wildman–Crippen MR) is 116 cm³/mol. The molecule has 4 aromatic rings. The van der Waals surface area contributed by atoms with Crippen LogP contribution in [0.2, 0.25) is 0 Å². The lowest BCUT2D eigenvalue weighted by Crippen LogP contribution is -2.32. The zero-order chi connectivity index (χ0) is 20.7. The van der Waals surface area contributed by atoms with Crippen LogP contribution in [0.5, 0.6) is 0 Å². The average molecular weight is 394 g/mol. The lowest BCUT2D eigenvalue weighted by Gasteiger charge is -2.06. The highest BCUT2D eigenvalue weighted by Gasteiger charge is 2.19. The van der Waals surface area contributed by atoms with Crippen LogP contribution in [0.15, 0.2) is 82.8 Å². The molecule has 0 saturated carbocycles. The second kappa shape index (κ2) is 7.08. The molecule has 0 saturated heterocycles. The van der Waals surface area contributed by atoms with Crippen molar-refractivity contribution in [2.45, 2.75) is 13.0 Å². The lowest BCUT2D eigenvalue weighted by molar-refractivity contribution is 0.0998. The van der Waals surface area contributed by atoms with Crippen molar-refractivity contribution in [1.29, 1.82) is 0 Å². The smallest absolute Gasteiger partial charge is 0.279 e. The fourth-order valence-corrected chi connectivity index (χ4v) is 4.00. The van der Waals surface area contributed by atoms with Gasteiger partial charge in [0, 0.05) is 30.0 Å². The largest absolute Gasteiger partial charge is 0.399 e. The summed E-state index contributed by atoms with van der Waals surface area (Å²) in [5, 5.41) is 0.978. The summed E-state index contributed by atoms with van der Waals surface area (Å²) in [6.07, 6.45) is 3.74. The Kier molecular flexibility index (Phi) is 4.25. The molecule has 0 atom stereocenters. The minimum absolute atomic E-state index is 0.102. The van der Waals surface area contributed by atoms with Gasteiger partial charge in [0.1, 0.15) is 5.36 Å². The Morgan fingerprint density at radius 1 is 1.07 bits per heavy atom. The van der Waals surface area contributed by atoms with Crippen molar-refractivity contribution in [2.24, 2.45) is 4.99 Å². The van der Waals surface area contributed by atoms with Gasteiger partial charge >= 0.3 is 0 Å². The Morgan fingerprint density at radius 3 is 2.67 bits per heavy atom. The van der Waals surface area contributed by atoms with E-state index in [2.05, 4.69) is 9.98 Å². The van der Waals surface area contributed by atoms with Crippen molar-refractivity contribution in [3.05, 3.63) is 99.9 Å². The number of amides is 1. The third-order valence-electron chi connectivity index (χ3n) is 5.34. The number of aryl methyl sites for hydroxylation is 2. The van der Waals surface area contributed by atoms with Crippen molar-refractivity contribution >= 4 is 22.5 Å². The Hall–Kier alpha value is -4.06. The molecule has 30 heavy (non-hydrogen) atoms. The van der Waals surface area contributed by atoms with Gasteiger partial charge in [-0.3, -0.25) is 14.6 Å². The van der Waals surface area contributed by atoms with Crippen LogP contribution in [0.4, 0.5) is 5.69 Å². The molecule has 2 N–H and O–H groups in total. The minimum Gasteiger partial charge on any atom is -0.399 e. The van der Waals surface area contributed by atoms with Crippen LogP contribution < -0.4 is 16.7 Å². The van der Waals surface area contributed by atoms with E-state index in [1.807, 2.05) is 42.5 Å². The Labute approximate surface area is 172 Å². The first-order valence-electron chi connectivity index (χ1n) is 9.66. The van der Waals surface area contributed by atoms with Crippen molar-refractivity contribution in [3.8, 4) is 11.1 Å². The van der Waals surface area contributed by atoms with Crippen molar-refractivity contribution in [3.63, 3.8) is 0 Å². The number of aromatic nitrogens is 2. The van der Waals surface area contributed by atoms with Gasteiger partial charge in [0.15, 0.2) is 0 Å². The first-order chi connectivity index (χ1) is 14.6. The van der Waals surface area contributed by atoms with E-state index in [0.29, 0.717) is 24.2 Å². The first kappa shape index (κ1) is 18.0.